The lowest BCUT2D eigenvalue weighted by molar-refractivity contribution is 0.665. The largest absolute Gasteiger partial charge is 0.455 e. The van der Waals surface area contributed by atoms with E-state index in [-0.39, 0.29) is 0 Å². The predicted octanol–water partition coefficient (Wildman–Crippen LogP) is 11.5. The zero-order valence-corrected chi connectivity index (χ0v) is 25.6. The van der Waals surface area contributed by atoms with Crippen LogP contribution < -0.4 is 0 Å². The number of hydrogen-bond donors (Lipinski definition) is 0. The zero-order valence-electron chi connectivity index (χ0n) is 25.6. The van der Waals surface area contributed by atoms with Crippen LogP contribution in [0.5, 0.6) is 0 Å². The van der Waals surface area contributed by atoms with Crippen LogP contribution in [0.25, 0.3) is 99.9 Å². The van der Waals surface area contributed by atoms with Crippen LogP contribution in [0.2, 0.25) is 0 Å². The van der Waals surface area contributed by atoms with E-state index >= 15 is 0 Å². The first-order chi connectivity index (χ1) is 23.8. The van der Waals surface area contributed by atoms with Crippen LogP contribution in [-0.4, -0.2) is 15.0 Å². The van der Waals surface area contributed by atoms with Crippen molar-refractivity contribution in [2.75, 3.05) is 0 Å². The fourth-order valence-corrected chi connectivity index (χ4v) is 6.86. The smallest absolute Gasteiger partial charge is 0.164 e. The maximum Gasteiger partial charge on any atom is 0.164 e. The summed E-state index contributed by atoms with van der Waals surface area (Å²) in [6.07, 6.45) is 0. The normalized spacial score (nSPS) is 11.8. The zero-order chi connectivity index (χ0) is 31.6. The monoisotopic (exact) mass is 615 g/mol. The molecule has 0 saturated heterocycles. The van der Waals surface area contributed by atoms with Gasteiger partial charge in [0, 0.05) is 49.4 Å². The van der Waals surface area contributed by atoms with Crippen LogP contribution in [0.15, 0.2) is 160 Å². The number of nitrogens with zero attached hydrogens (tertiary/aromatic N) is 3. The van der Waals surface area contributed by atoms with E-state index in [9.17, 15) is 0 Å². The molecule has 0 N–H and O–H groups in total. The Hall–Kier alpha value is -6.59. The number of furan rings is 2. The third kappa shape index (κ3) is 4.15. The molecule has 3 heterocycles. The second-order valence-corrected chi connectivity index (χ2v) is 12.0. The summed E-state index contributed by atoms with van der Waals surface area (Å²) in [5.41, 5.74) is 7.88. The lowest BCUT2D eigenvalue weighted by Crippen LogP contribution is -2.00. The number of hydrogen-bond acceptors (Lipinski definition) is 5. The molecule has 5 nitrogen and oxygen atoms in total. The summed E-state index contributed by atoms with van der Waals surface area (Å²) in [6, 6.07) is 51.5. The van der Waals surface area contributed by atoms with Crippen molar-refractivity contribution in [3.8, 4) is 45.3 Å². The average molecular weight is 616 g/mol. The van der Waals surface area contributed by atoms with E-state index in [0.29, 0.717) is 17.5 Å². The number of rotatable bonds is 4. The molecule has 0 saturated carbocycles. The Morgan fingerprint density at radius 3 is 1.81 bits per heavy atom. The van der Waals surface area contributed by atoms with Crippen molar-refractivity contribution in [2.45, 2.75) is 0 Å². The van der Waals surface area contributed by atoms with Gasteiger partial charge in [-0.15, -0.1) is 0 Å². The molecule has 3 aromatic heterocycles. The van der Waals surface area contributed by atoms with E-state index in [4.69, 9.17) is 23.8 Å². The first-order valence-corrected chi connectivity index (χ1v) is 15.9. The second-order valence-electron chi connectivity index (χ2n) is 12.0. The van der Waals surface area contributed by atoms with Crippen LogP contribution in [-0.2, 0) is 0 Å². The van der Waals surface area contributed by atoms with Gasteiger partial charge in [0.05, 0.1) is 0 Å². The predicted molar refractivity (Wildman–Crippen MR) is 194 cm³/mol. The number of fused-ring (bicyclic) bond motifs is 7. The lowest BCUT2D eigenvalue weighted by Gasteiger charge is -2.11. The SMILES string of the molecule is c1ccc(-c2nc(-c3ccc4ccccc4c3)nc(-c3ccc(-c4cccc5c4oc4ccccc45)c4oc5ccccc5c34)n2)cc1. The van der Waals surface area contributed by atoms with Crippen molar-refractivity contribution < 1.29 is 8.83 Å². The molecule has 7 aromatic carbocycles. The highest BCUT2D eigenvalue weighted by Crippen LogP contribution is 2.44. The molecule has 0 radical (unpaired) electrons. The van der Waals surface area contributed by atoms with Gasteiger partial charge in [-0.1, -0.05) is 121 Å². The minimum absolute atomic E-state index is 0.581. The highest BCUT2D eigenvalue weighted by Gasteiger charge is 2.22. The molecule has 10 rings (SSSR count). The highest BCUT2D eigenvalue weighted by molar-refractivity contribution is 6.18. The first-order valence-electron chi connectivity index (χ1n) is 15.9. The lowest BCUT2D eigenvalue weighted by atomic mass is 9.96. The molecule has 0 aliphatic carbocycles. The molecule has 0 amide bonds. The minimum Gasteiger partial charge on any atom is -0.455 e. The van der Waals surface area contributed by atoms with Gasteiger partial charge in [0.15, 0.2) is 17.5 Å². The Bertz CT molecular complexity index is 2850. The summed E-state index contributed by atoms with van der Waals surface area (Å²) in [7, 11) is 0. The van der Waals surface area contributed by atoms with E-state index in [0.717, 1.165) is 77.1 Å². The van der Waals surface area contributed by atoms with Crippen LogP contribution in [0, 0.1) is 0 Å². The van der Waals surface area contributed by atoms with Crippen molar-refractivity contribution >= 4 is 54.6 Å². The molecular formula is C43H25N3O2. The van der Waals surface area contributed by atoms with E-state index in [2.05, 4.69) is 84.9 Å². The molecule has 0 aliphatic heterocycles. The van der Waals surface area contributed by atoms with Gasteiger partial charge in [-0.2, -0.15) is 0 Å². The van der Waals surface area contributed by atoms with E-state index in [1.807, 2.05) is 66.7 Å². The molecular weight excluding hydrogens is 590 g/mol. The van der Waals surface area contributed by atoms with Crippen LogP contribution >= 0.6 is 0 Å². The maximum atomic E-state index is 6.69. The van der Waals surface area contributed by atoms with E-state index in [1.165, 1.54) is 5.39 Å². The van der Waals surface area contributed by atoms with Gasteiger partial charge in [0.1, 0.15) is 22.3 Å². The van der Waals surface area contributed by atoms with Gasteiger partial charge < -0.3 is 8.83 Å². The first kappa shape index (κ1) is 26.6. The van der Waals surface area contributed by atoms with E-state index in [1.54, 1.807) is 0 Å². The fourth-order valence-electron chi connectivity index (χ4n) is 6.86. The Labute approximate surface area is 274 Å². The molecule has 0 fully saturated rings. The molecule has 224 valence electrons. The van der Waals surface area contributed by atoms with Crippen LogP contribution in [0.3, 0.4) is 0 Å². The summed E-state index contributed by atoms with van der Waals surface area (Å²) < 4.78 is 13.1. The summed E-state index contributed by atoms with van der Waals surface area (Å²) >= 11 is 0. The van der Waals surface area contributed by atoms with E-state index < -0.39 is 0 Å². The second kappa shape index (κ2) is 10.5. The fraction of sp³-hybridized carbons (Fsp3) is 0. The van der Waals surface area contributed by atoms with Crippen LogP contribution in [0.4, 0.5) is 0 Å². The summed E-state index contributed by atoms with van der Waals surface area (Å²) in [5, 5.41) is 6.40. The van der Waals surface area contributed by atoms with Crippen molar-refractivity contribution in [1.29, 1.82) is 0 Å². The number of para-hydroxylation sites is 3. The van der Waals surface area contributed by atoms with Crippen molar-refractivity contribution in [3.05, 3.63) is 152 Å². The van der Waals surface area contributed by atoms with Gasteiger partial charge in [-0.3, -0.25) is 0 Å². The minimum atomic E-state index is 0.581. The third-order valence-electron chi connectivity index (χ3n) is 9.14. The van der Waals surface area contributed by atoms with Crippen LogP contribution in [0.1, 0.15) is 0 Å². The summed E-state index contributed by atoms with van der Waals surface area (Å²) in [5.74, 6) is 1.81. The molecule has 0 bridgehead atoms. The average Bonchev–Trinajstić information content (AvgIpc) is 3.74. The van der Waals surface area contributed by atoms with Gasteiger partial charge >= 0.3 is 0 Å². The van der Waals surface area contributed by atoms with Gasteiger partial charge in [0.2, 0.25) is 0 Å². The van der Waals surface area contributed by atoms with Gasteiger partial charge in [-0.05, 0) is 41.1 Å². The van der Waals surface area contributed by atoms with Gasteiger partial charge in [-0.25, -0.2) is 15.0 Å². The van der Waals surface area contributed by atoms with Crippen molar-refractivity contribution in [1.82, 2.24) is 15.0 Å². The summed E-state index contributed by atoms with van der Waals surface area (Å²) in [4.78, 5) is 15.2. The number of benzene rings is 7. The highest BCUT2D eigenvalue weighted by atomic mass is 16.3. The Balaban J connectivity index is 1.25. The Morgan fingerprint density at radius 1 is 0.354 bits per heavy atom. The molecule has 5 heteroatoms. The number of aromatic nitrogens is 3. The quantitative estimate of drug-likeness (QED) is 0.197. The summed E-state index contributed by atoms with van der Waals surface area (Å²) in [6.45, 7) is 0. The standard InChI is InChI=1S/C43H25N3O2/c1-2-12-27(13-3-1)41-44-42(29-22-21-26-11-4-5-14-28(26)25-29)46-43(45-41)35-24-23-33(40-38(35)34-16-7-9-20-37(34)48-40)32-18-10-17-31-30-15-6-8-19-36(30)47-39(31)32/h1-25H. The molecule has 48 heavy (non-hydrogen) atoms. The van der Waals surface area contributed by atoms with Gasteiger partial charge in [0.25, 0.3) is 0 Å². The topological polar surface area (TPSA) is 65.0 Å². The molecule has 0 aliphatic rings. The molecule has 0 atom stereocenters. The molecule has 0 spiro atoms. The maximum absolute atomic E-state index is 6.69. The molecule has 10 aromatic rings. The molecule has 0 unspecified atom stereocenters. The Morgan fingerprint density at radius 2 is 0.958 bits per heavy atom. The third-order valence-corrected chi connectivity index (χ3v) is 9.14. The Kier molecular flexibility index (Phi) is 5.81. The van der Waals surface area contributed by atoms with Crippen molar-refractivity contribution in [2.24, 2.45) is 0 Å². The van der Waals surface area contributed by atoms with Crippen molar-refractivity contribution in [3.63, 3.8) is 0 Å².